The fourth-order valence-corrected chi connectivity index (χ4v) is 2.51. The molecule has 0 saturated carbocycles. The highest BCUT2D eigenvalue weighted by molar-refractivity contribution is 7.99. The van der Waals surface area contributed by atoms with Gasteiger partial charge in [0.15, 0.2) is 5.58 Å². The molecule has 0 bridgehead atoms. The number of aromatic nitrogens is 1. The summed E-state index contributed by atoms with van der Waals surface area (Å²) >= 11 is 1.56. The highest BCUT2D eigenvalue weighted by Gasteiger charge is 2.04. The molecule has 3 aromatic rings. The molecule has 0 unspecified atom stereocenters. The van der Waals surface area contributed by atoms with E-state index in [9.17, 15) is 0 Å². The van der Waals surface area contributed by atoms with Gasteiger partial charge in [0.05, 0.1) is 12.9 Å². The topological polar surface area (TPSA) is 35.3 Å². The van der Waals surface area contributed by atoms with Gasteiger partial charge >= 0.3 is 0 Å². The van der Waals surface area contributed by atoms with Crippen LogP contribution in [0.4, 0.5) is 0 Å². The van der Waals surface area contributed by atoms with Crippen molar-refractivity contribution in [3.05, 3.63) is 66.4 Å². The summed E-state index contributed by atoms with van der Waals surface area (Å²) in [5.41, 5.74) is 2.85. The smallest absolute Gasteiger partial charge is 0.256 e. The minimum atomic E-state index is 0.618. The van der Waals surface area contributed by atoms with Crippen LogP contribution in [0.2, 0.25) is 0 Å². The summed E-state index contributed by atoms with van der Waals surface area (Å²) in [6.45, 7) is 0.618. The molecule has 4 heteroatoms. The number of benzene rings is 2. The first-order chi connectivity index (χ1) is 10.4. The summed E-state index contributed by atoms with van der Waals surface area (Å²) in [5, 5.41) is 0.687. The zero-order chi connectivity index (χ0) is 14.3. The van der Waals surface area contributed by atoms with Gasteiger partial charge in [0, 0.05) is 5.75 Å². The molecule has 0 N–H and O–H groups in total. The number of para-hydroxylation sites is 2. The van der Waals surface area contributed by atoms with Gasteiger partial charge in [-0.15, -0.1) is 0 Å². The molecule has 1 heterocycles. The molecule has 1 aromatic heterocycles. The second kappa shape index (κ2) is 6.99. The van der Waals surface area contributed by atoms with E-state index in [0.717, 1.165) is 22.4 Å². The van der Waals surface area contributed by atoms with Gasteiger partial charge in [-0.2, -0.15) is 0 Å². The van der Waals surface area contributed by atoms with E-state index in [0.29, 0.717) is 11.8 Å². The lowest BCUT2D eigenvalue weighted by molar-refractivity contribution is 0.275. The molecule has 0 spiro atoms. The van der Waals surface area contributed by atoms with Crippen LogP contribution in [0.15, 0.2) is 70.5 Å². The standard InChI is InChI=1S/C17H15NO2S/c1-2-6-14(7-3-1)10-11-19-12-13-21-17-18-15-8-4-5-9-16(15)20-17/h1-11H,12-13H2. The quantitative estimate of drug-likeness (QED) is 0.378. The molecule has 106 valence electrons. The van der Waals surface area contributed by atoms with E-state index in [2.05, 4.69) is 4.98 Å². The number of oxazole rings is 1. The van der Waals surface area contributed by atoms with E-state index in [1.54, 1.807) is 18.0 Å². The predicted molar refractivity (Wildman–Crippen MR) is 86.2 cm³/mol. The highest BCUT2D eigenvalue weighted by Crippen LogP contribution is 2.22. The van der Waals surface area contributed by atoms with E-state index in [1.165, 1.54) is 0 Å². The number of rotatable bonds is 6. The van der Waals surface area contributed by atoms with E-state index < -0.39 is 0 Å². The molecule has 21 heavy (non-hydrogen) atoms. The minimum Gasteiger partial charge on any atom is -0.500 e. The van der Waals surface area contributed by atoms with Gasteiger partial charge in [-0.3, -0.25) is 0 Å². The summed E-state index contributed by atoms with van der Waals surface area (Å²) < 4.78 is 11.1. The van der Waals surface area contributed by atoms with Crippen LogP contribution in [0.3, 0.4) is 0 Å². The number of hydrogen-bond donors (Lipinski definition) is 0. The van der Waals surface area contributed by atoms with Crippen LogP contribution in [-0.4, -0.2) is 17.3 Å². The molecule has 0 fully saturated rings. The summed E-state index contributed by atoms with van der Waals surface area (Å²) in [7, 11) is 0. The Morgan fingerprint density at radius 3 is 2.71 bits per heavy atom. The lowest BCUT2D eigenvalue weighted by Gasteiger charge is -1.98. The van der Waals surface area contributed by atoms with Crippen LogP contribution < -0.4 is 0 Å². The monoisotopic (exact) mass is 297 g/mol. The lowest BCUT2D eigenvalue weighted by Crippen LogP contribution is -1.90. The first kappa shape index (κ1) is 13.8. The van der Waals surface area contributed by atoms with E-state index in [-0.39, 0.29) is 0 Å². The van der Waals surface area contributed by atoms with Gasteiger partial charge in [0.1, 0.15) is 5.52 Å². The SMILES string of the molecule is C(=Cc1ccccc1)OCCSc1nc2ccccc2o1. The van der Waals surface area contributed by atoms with Crippen molar-refractivity contribution < 1.29 is 9.15 Å². The maximum atomic E-state index is 5.62. The summed E-state index contributed by atoms with van der Waals surface area (Å²) in [4.78, 5) is 4.40. The summed E-state index contributed by atoms with van der Waals surface area (Å²) in [6, 6.07) is 17.8. The zero-order valence-electron chi connectivity index (χ0n) is 11.4. The number of hydrogen-bond acceptors (Lipinski definition) is 4. The maximum absolute atomic E-state index is 5.62. The molecule has 0 aliphatic heterocycles. The number of ether oxygens (including phenoxy) is 1. The summed E-state index contributed by atoms with van der Waals surface area (Å²) in [5.74, 6) is 0.798. The van der Waals surface area contributed by atoms with Gasteiger partial charge in [0.2, 0.25) is 0 Å². The average molecular weight is 297 g/mol. The molecule has 0 radical (unpaired) electrons. The van der Waals surface area contributed by atoms with E-state index in [1.807, 2.05) is 60.7 Å². The second-order valence-electron chi connectivity index (χ2n) is 4.38. The van der Waals surface area contributed by atoms with Crippen molar-refractivity contribution in [1.82, 2.24) is 4.98 Å². The Morgan fingerprint density at radius 2 is 1.86 bits per heavy atom. The van der Waals surface area contributed by atoms with Crippen molar-refractivity contribution in [2.24, 2.45) is 0 Å². The second-order valence-corrected chi connectivity index (χ2v) is 5.43. The Labute approximate surface area is 127 Å². The molecular formula is C17H15NO2S. The van der Waals surface area contributed by atoms with Crippen LogP contribution in [-0.2, 0) is 4.74 Å². The first-order valence-corrected chi connectivity index (χ1v) is 7.72. The molecule has 0 atom stereocenters. The third-order valence-corrected chi connectivity index (χ3v) is 3.65. The third-order valence-electron chi connectivity index (χ3n) is 2.86. The Morgan fingerprint density at radius 1 is 1.05 bits per heavy atom. The van der Waals surface area contributed by atoms with Crippen molar-refractivity contribution in [2.75, 3.05) is 12.4 Å². The minimum absolute atomic E-state index is 0.618. The van der Waals surface area contributed by atoms with Crippen LogP contribution in [0.25, 0.3) is 17.2 Å². The third kappa shape index (κ3) is 3.89. The first-order valence-electron chi connectivity index (χ1n) is 6.73. The van der Waals surface area contributed by atoms with Crippen LogP contribution in [0.1, 0.15) is 5.56 Å². The van der Waals surface area contributed by atoms with Crippen molar-refractivity contribution in [1.29, 1.82) is 0 Å². The van der Waals surface area contributed by atoms with Crippen molar-refractivity contribution >= 4 is 28.9 Å². The Kier molecular flexibility index (Phi) is 4.59. The van der Waals surface area contributed by atoms with Crippen LogP contribution >= 0.6 is 11.8 Å². The number of thioether (sulfide) groups is 1. The predicted octanol–water partition coefficient (Wildman–Crippen LogP) is 4.61. The molecule has 0 aliphatic carbocycles. The Balaban J connectivity index is 1.43. The summed E-state index contributed by atoms with van der Waals surface area (Å²) in [6.07, 6.45) is 3.67. The largest absolute Gasteiger partial charge is 0.500 e. The van der Waals surface area contributed by atoms with E-state index >= 15 is 0 Å². The van der Waals surface area contributed by atoms with Crippen LogP contribution in [0.5, 0.6) is 0 Å². The zero-order valence-corrected chi connectivity index (χ0v) is 12.3. The Bertz CT molecular complexity index is 689. The molecule has 2 aromatic carbocycles. The van der Waals surface area contributed by atoms with Gasteiger partial charge in [-0.1, -0.05) is 54.2 Å². The van der Waals surface area contributed by atoms with Crippen molar-refractivity contribution in [3.8, 4) is 0 Å². The van der Waals surface area contributed by atoms with Gasteiger partial charge in [-0.25, -0.2) is 4.98 Å². The molecular weight excluding hydrogens is 282 g/mol. The number of fused-ring (bicyclic) bond motifs is 1. The van der Waals surface area contributed by atoms with Crippen molar-refractivity contribution in [3.63, 3.8) is 0 Å². The molecule has 0 amide bonds. The van der Waals surface area contributed by atoms with Gasteiger partial charge < -0.3 is 9.15 Å². The lowest BCUT2D eigenvalue weighted by atomic mass is 10.2. The molecule has 3 rings (SSSR count). The van der Waals surface area contributed by atoms with Crippen molar-refractivity contribution in [2.45, 2.75) is 5.22 Å². The normalized spacial score (nSPS) is 11.2. The average Bonchev–Trinajstić information content (AvgIpc) is 2.94. The van der Waals surface area contributed by atoms with E-state index in [4.69, 9.17) is 9.15 Å². The number of nitrogens with zero attached hydrogens (tertiary/aromatic N) is 1. The van der Waals surface area contributed by atoms with Gasteiger partial charge in [0.25, 0.3) is 5.22 Å². The van der Waals surface area contributed by atoms with Crippen LogP contribution in [0, 0.1) is 0 Å². The maximum Gasteiger partial charge on any atom is 0.256 e. The molecule has 3 nitrogen and oxygen atoms in total. The fourth-order valence-electron chi connectivity index (χ4n) is 1.85. The van der Waals surface area contributed by atoms with Gasteiger partial charge in [-0.05, 0) is 23.8 Å². The molecule has 0 aliphatic rings. The molecule has 0 saturated heterocycles. The fraction of sp³-hybridized carbons (Fsp3) is 0.118. The Hall–Kier alpha value is -2.20. The highest BCUT2D eigenvalue weighted by atomic mass is 32.2.